The van der Waals surface area contributed by atoms with E-state index in [1.165, 1.54) is 11.3 Å². The average Bonchev–Trinajstić information content (AvgIpc) is 3.32. The number of thiazole rings is 1. The molecule has 1 heterocycles. The van der Waals surface area contributed by atoms with E-state index in [1.54, 1.807) is 6.21 Å². The van der Waals surface area contributed by atoms with Crippen molar-refractivity contribution in [3.05, 3.63) is 126 Å². The highest BCUT2D eigenvalue weighted by molar-refractivity contribution is 7.20. The number of carbonyl (C=O) groups excluding carboxylic acids is 1. The van der Waals surface area contributed by atoms with Gasteiger partial charge in [0.25, 0.3) is 0 Å². The molecule has 0 radical (unpaired) electrons. The molecule has 6 nitrogen and oxygen atoms in total. The van der Waals surface area contributed by atoms with Gasteiger partial charge < -0.3 is 10.1 Å². The van der Waals surface area contributed by atoms with Gasteiger partial charge in [-0.3, -0.25) is 10.2 Å². The van der Waals surface area contributed by atoms with E-state index in [2.05, 4.69) is 15.8 Å². The Labute approximate surface area is 225 Å². The number of ether oxygens (including phenoxy) is 1. The Balaban J connectivity index is 1.31. The van der Waals surface area contributed by atoms with Crippen LogP contribution in [0.4, 0.5) is 10.1 Å². The van der Waals surface area contributed by atoms with Gasteiger partial charge in [0.15, 0.2) is 0 Å². The van der Waals surface area contributed by atoms with Crippen LogP contribution < -0.4 is 15.5 Å². The molecule has 5 rings (SSSR count). The molecule has 0 atom stereocenters. The van der Waals surface area contributed by atoms with Crippen LogP contribution in [-0.4, -0.2) is 17.1 Å². The lowest BCUT2D eigenvalue weighted by molar-refractivity contribution is -0.115. The summed E-state index contributed by atoms with van der Waals surface area (Å²) in [6.45, 7) is 2.04. The van der Waals surface area contributed by atoms with Gasteiger partial charge in [-0.1, -0.05) is 102 Å². The summed E-state index contributed by atoms with van der Waals surface area (Å²) < 4.78 is 5.91. The number of para-hydroxylation sites is 1. The summed E-state index contributed by atoms with van der Waals surface area (Å²) in [5.41, 5.74) is 7.61. The number of aromatic nitrogens is 1. The number of hydrogen-bond donors (Lipinski definition) is 2. The second-order valence-corrected chi connectivity index (χ2v) is 9.63. The summed E-state index contributed by atoms with van der Waals surface area (Å²) in [5, 5.41) is 8.66. The predicted molar refractivity (Wildman–Crippen MR) is 155 cm³/mol. The number of nitrogens with zero attached hydrogens (tertiary/aromatic N) is 2. The number of rotatable bonds is 9. The van der Waals surface area contributed by atoms with Crippen molar-refractivity contribution < 1.29 is 9.53 Å². The molecule has 0 spiro atoms. The van der Waals surface area contributed by atoms with Gasteiger partial charge in [0.1, 0.15) is 22.2 Å². The van der Waals surface area contributed by atoms with Crippen LogP contribution in [0.25, 0.3) is 11.3 Å². The monoisotopic (exact) mass is 518 g/mol. The fourth-order valence-electron chi connectivity index (χ4n) is 3.76. The molecule has 0 bridgehead atoms. The smallest absolute Gasteiger partial charge is 0.229 e. The largest absolute Gasteiger partial charge is 0.457 e. The van der Waals surface area contributed by atoms with Gasteiger partial charge in [-0.15, -0.1) is 0 Å². The van der Waals surface area contributed by atoms with E-state index in [0.717, 1.165) is 33.8 Å². The van der Waals surface area contributed by atoms with Crippen LogP contribution in [0.3, 0.4) is 0 Å². The molecule has 1 amide bonds. The van der Waals surface area contributed by atoms with E-state index in [1.807, 2.05) is 116 Å². The van der Waals surface area contributed by atoms with Gasteiger partial charge >= 0.3 is 0 Å². The van der Waals surface area contributed by atoms with Crippen molar-refractivity contribution in [1.29, 1.82) is 0 Å². The van der Waals surface area contributed by atoms with Crippen LogP contribution in [0.1, 0.15) is 16.7 Å². The minimum Gasteiger partial charge on any atom is -0.457 e. The zero-order chi connectivity index (χ0) is 26.2. The van der Waals surface area contributed by atoms with Crippen LogP contribution in [0.2, 0.25) is 0 Å². The molecule has 4 aromatic carbocycles. The molecule has 0 aliphatic carbocycles. The zero-order valence-corrected chi connectivity index (χ0v) is 21.6. The zero-order valence-electron chi connectivity index (χ0n) is 20.8. The maximum Gasteiger partial charge on any atom is 0.229 e. The molecule has 38 heavy (non-hydrogen) atoms. The highest BCUT2D eigenvalue weighted by atomic mass is 32.1. The van der Waals surface area contributed by atoms with Gasteiger partial charge in [-0.25, -0.2) is 4.98 Å². The van der Waals surface area contributed by atoms with Crippen LogP contribution in [0.5, 0.6) is 11.5 Å². The molecule has 0 aliphatic heterocycles. The first kappa shape index (κ1) is 24.9. The second kappa shape index (κ2) is 12.0. The van der Waals surface area contributed by atoms with Crippen molar-refractivity contribution in [2.45, 2.75) is 13.3 Å². The summed E-state index contributed by atoms with van der Waals surface area (Å²) in [5.74, 6) is 1.39. The molecular formula is C31H26N4O2S. The van der Waals surface area contributed by atoms with Crippen LogP contribution >= 0.6 is 11.3 Å². The van der Waals surface area contributed by atoms with Gasteiger partial charge in [0.2, 0.25) is 11.0 Å². The van der Waals surface area contributed by atoms with Crippen molar-refractivity contribution in [2.75, 3.05) is 10.7 Å². The number of hydrogen-bond acceptors (Lipinski definition) is 6. The average molecular weight is 519 g/mol. The Bertz CT molecular complexity index is 1530. The van der Waals surface area contributed by atoms with E-state index in [9.17, 15) is 4.79 Å². The molecule has 0 fully saturated rings. The molecule has 5 aromatic rings. The highest BCUT2D eigenvalue weighted by Crippen LogP contribution is 2.36. The van der Waals surface area contributed by atoms with Gasteiger partial charge in [-0.2, -0.15) is 5.10 Å². The first-order valence-corrected chi connectivity index (χ1v) is 13.0. The predicted octanol–water partition coefficient (Wildman–Crippen LogP) is 7.54. The van der Waals surface area contributed by atoms with Gasteiger partial charge in [-0.05, 0) is 42.3 Å². The first-order chi connectivity index (χ1) is 18.6. The standard InChI is InChI=1S/C31H26N4O2S/c1-22-15-17-25(18-16-22)29-30(33-28(36)20-23-9-4-2-5-10-23)38-31(34-29)35-32-21-24-11-8-14-27(19-24)37-26-12-6-3-7-13-26/h2-19,21H,20H2,1H3,(H,33,36)(H,34,35)/b32-21-. The van der Waals surface area contributed by atoms with E-state index in [4.69, 9.17) is 9.72 Å². The van der Waals surface area contributed by atoms with Crippen molar-refractivity contribution in [3.8, 4) is 22.8 Å². The topological polar surface area (TPSA) is 75.6 Å². The molecule has 7 heteroatoms. The third-order valence-corrected chi connectivity index (χ3v) is 6.50. The number of anilines is 2. The lowest BCUT2D eigenvalue weighted by Crippen LogP contribution is -2.14. The number of hydrazone groups is 1. The Hall–Kier alpha value is -4.75. The minimum absolute atomic E-state index is 0.0986. The van der Waals surface area contributed by atoms with Crippen molar-refractivity contribution in [2.24, 2.45) is 5.10 Å². The van der Waals surface area contributed by atoms with E-state index in [0.29, 0.717) is 15.8 Å². The molecule has 2 N–H and O–H groups in total. The van der Waals surface area contributed by atoms with Gasteiger partial charge in [0, 0.05) is 5.56 Å². The molecule has 1 aromatic heterocycles. The number of benzene rings is 4. The van der Waals surface area contributed by atoms with E-state index >= 15 is 0 Å². The number of carbonyl (C=O) groups is 1. The third kappa shape index (κ3) is 6.72. The summed E-state index contributed by atoms with van der Waals surface area (Å²) in [4.78, 5) is 17.5. The molecule has 0 saturated carbocycles. The molecule has 0 aliphatic rings. The Kier molecular flexibility index (Phi) is 7.86. The molecule has 0 unspecified atom stereocenters. The van der Waals surface area contributed by atoms with E-state index in [-0.39, 0.29) is 12.3 Å². The van der Waals surface area contributed by atoms with Crippen molar-refractivity contribution in [1.82, 2.24) is 4.98 Å². The maximum atomic E-state index is 12.8. The normalized spacial score (nSPS) is 10.9. The van der Waals surface area contributed by atoms with Gasteiger partial charge in [0.05, 0.1) is 12.6 Å². The molecular weight excluding hydrogens is 492 g/mol. The first-order valence-electron chi connectivity index (χ1n) is 12.2. The summed E-state index contributed by atoms with van der Waals surface area (Å²) >= 11 is 1.34. The number of nitrogens with one attached hydrogen (secondary N) is 2. The van der Waals surface area contributed by atoms with Crippen LogP contribution in [0, 0.1) is 6.92 Å². The highest BCUT2D eigenvalue weighted by Gasteiger charge is 2.16. The summed E-state index contributed by atoms with van der Waals surface area (Å²) in [6.07, 6.45) is 1.99. The second-order valence-electron chi connectivity index (χ2n) is 8.63. The Morgan fingerprint density at radius 3 is 2.37 bits per heavy atom. The Morgan fingerprint density at radius 2 is 1.61 bits per heavy atom. The maximum absolute atomic E-state index is 12.8. The SMILES string of the molecule is Cc1ccc(-c2nc(N/N=C\c3cccc(Oc4ccccc4)c3)sc2NC(=O)Cc2ccccc2)cc1. The van der Waals surface area contributed by atoms with Crippen LogP contribution in [0.15, 0.2) is 114 Å². The Morgan fingerprint density at radius 1 is 0.895 bits per heavy atom. The summed E-state index contributed by atoms with van der Waals surface area (Å²) in [7, 11) is 0. The molecule has 0 saturated heterocycles. The quantitative estimate of drug-likeness (QED) is 0.156. The minimum atomic E-state index is -0.0986. The lowest BCUT2D eigenvalue weighted by Gasteiger charge is -2.06. The lowest BCUT2D eigenvalue weighted by atomic mass is 10.1. The van der Waals surface area contributed by atoms with Crippen LogP contribution in [-0.2, 0) is 11.2 Å². The third-order valence-electron chi connectivity index (χ3n) is 5.62. The van der Waals surface area contributed by atoms with E-state index < -0.39 is 0 Å². The van der Waals surface area contributed by atoms with Crippen molar-refractivity contribution in [3.63, 3.8) is 0 Å². The summed E-state index contributed by atoms with van der Waals surface area (Å²) in [6, 6.07) is 35.0. The number of aryl methyl sites for hydroxylation is 1. The van der Waals surface area contributed by atoms with Crippen molar-refractivity contribution >= 4 is 33.6 Å². The fourth-order valence-corrected chi connectivity index (χ4v) is 4.61. The fraction of sp³-hybridized carbons (Fsp3) is 0.0645. The molecule has 188 valence electrons. The number of amides is 1.